The number of nitrogens with zero attached hydrogens (tertiary/aromatic N) is 4. The van der Waals surface area contributed by atoms with Gasteiger partial charge in [0, 0.05) is 29.1 Å². The van der Waals surface area contributed by atoms with Gasteiger partial charge in [0.25, 0.3) is 0 Å². The zero-order chi connectivity index (χ0) is 19.3. The summed E-state index contributed by atoms with van der Waals surface area (Å²) in [6.07, 6.45) is 6.79. The third kappa shape index (κ3) is 4.04. The lowest BCUT2D eigenvalue weighted by atomic mass is 10.2. The maximum atomic E-state index is 12.3. The summed E-state index contributed by atoms with van der Waals surface area (Å²) in [5.41, 5.74) is 3.31. The number of nitrogens with one attached hydrogen (secondary N) is 2. The Morgan fingerprint density at radius 1 is 1.14 bits per heavy atom. The number of aryl methyl sites for hydroxylation is 1. The van der Waals surface area contributed by atoms with E-state index in [0.29, 0.717) is 11.5 Å². The molecule has 7 heteroatoms. The van der Waals surface area contributed by atoms with E-state index in [-0.39, 0.29) is 5.91 Å². The first-order valence-electron chi connectivity index (χ1n) is 8.76. The van der Waals surface area contributed by atoms with Crippen LogP contribution in [0.1, 0.15) is 11.4 Å². The quantitative estimate of drug-likeness (QED) is 0.525. The minimum Gasteiger partial charge on any atom is -0.322 e. The summed E-state index contributed by atoms with van der Waals surface area (Å²) in [6, 6.07) is 17.2. The molecule has 2 aromatic heterocycles. The van der Waals surface area contributed by atoms with Gasteiger partial charge >= 0.3 is 0 Å². The molecule has 1 amide bonds. The molecule has 4 rings (SSSR count). The molecule has 0 fully saturated rings. The minimum atomic E-state index is -0.226. The van der Waals surface area contributed by atoms with Gasteiger partial charge in [-0.2, -0.15) is 10.2 Å². The first-order valence-corrected chi connectivity index (χ1v) is 8.76. The third-order valence-corrected chi connectivity index (χ3v) is 4.04. The Morgan fingerprint density at radius 2 is 2.00 bits per heavy atom. The predicted octanol–water partition coefficient (Wildman–Crippen LogP) is 3.62. The van der Waals surface area contributed by atoms with Crippen LogP contribution in [0, 0.1) is 6.92 Å². The van der Waals surface area contributed by atoms with Gasteiger partial charge in [-0.25, -0.2) is 9.67 Å². The van der Waals surface area contributed by atoms with Crippen molar-refractivity contribution in [2.75, 3.05) is 5.32 Å². The molecule has 28 heavy (non-hydrogen) atoms. The van der Waals surface area contributed by atoms with Crippen LogP contribution in [0.15, 0.2) is 73.1 Å². The first kappa shape index (κ1) is 17.4. The Bertz CT molecular complexity index is 1130. The van der Waals surface area contributed by atoms with Gasteiger partial charge in [0.05, 0.1) is 11.9 Å². The van der Waals surface area contributed by atoms with Gasteiger partial charge in [-0.3, -0.25) is 9.89 Å². The number of carbonyl (C=O) groups is 1. The molecular formula is C21H18N6O. The van der Waals surface area contributed by atoms with Crippen molar-refractivity contribution in [2.45, 2.75) is 6.92 Å². The highest BCUT2D eigenvalue weighted by Crippen LogP contribution is 2.19. The van der Waals surface area contributed by atoms with Crippen LogP contribution in [0.25, 0.3) is 23.2 Å². The zero-order valence-corrected chi connectivity index (χ0v) is 15.2. The second-order valence-corrected chi connectivity index (χ2v) is 6.20. The Hall–Kier alpha value is -4.00. The fraction of sp³-hybridized carbons (Fsp3) is 0.0476. The van der Waals surface area contributed by atoms with E-state index >= 15 is 0 Å². The fourth-order valence-electron chi connectivity index (χ4n) is 2.71. The van der Waals surface area contributed by atoms with E-state index in [1.807, 2.05) is 67.7 Å². The van der Waals surface area contributed by atoms with Crippen LogP contribution in [0.2, 0.25) is 0 Å². The smallest absolute Gasteiger partial charge is 0.248 e. The summed E-state index contributed by atoms with van der Waals surface area (Å²) in [5, 5.41) is 14.1. The maximum Gasteiger partial charge on any atom is 0.248 e. The molecule has 0 aliphatic rings. The topological polar surface area (TPSA) is 88.5 Å². The van der Waals surface area contributed by atoms with E-state index in [1.54, 1.807) is 17.0 Å². The SMILES string of the molecule is Cc1nc(-c2cccc(NC(=O)/C=C/c3cnn(-c4ccccc4)c3)c2)n[nH]1. The molecule has 0 unspecified atom stereocenters. The molecule has 2 N–H and O–H groups in total. The highest BCUT2D eigenvalue weighted by atomic mass is 16.1. The number of rotatable bonds is 5. The van der Waals surface area contributed by atoms with Crippen molar-refractivity contribution in [2.24, 2.45) is 0 Å². The molecule has 0 saturated carbocycles. The summed E-state index contributed by atoms with van der Waals surface area (Å²) in [5.74, 6) is 1.11. The number of aromatic nitrogens is 5. The Labute approximate surface area is 161 Å². The van der Waals surface area contributed by atoms with Crippen molar-refractivity contribution in [1.29, 1.82) is 0 Å². The average Bonchev–Trinajstić information content (AvgIpc) is 3.36. The van der Waals surface area contributed by atoms with Crippen molar-refractivity contribution in [3.05, 3.63) is 84.5 Å². The maximum absolute atomic E-state index is 12.3. The summed E-state index contributed by atoms with van der Waals surface area (Å²) in [6.45, 7) is 1.84. The average molecular weight is 370 g/mol. The van der Waals surface area contributed by atoms with E-state index in [1.165, 1.54) is 6.08 Å². The van der Waals surface area contributed by atoms with Gasteiger partial charge in [-0.1, -0.05) is 30.3 Å². The molecule has 7 nitrogen and oxygen atoms in total. The van der Waals surface area contributed by atoms with Crippen LogP contribution in [0.5, 0.6) is 0 Å². The molecule has 0 spiro atoms. The van der Waals surface area contributed by atoms with Crippen LogP contribution in [0.3, 0.4) is 0 Å². The molecule has 0 bridgehead atoms. The Kier molecular flexibility index (Phi) is 4.79. The number of H-pyrrole nitrogens is 1. The van der Waals surface area contributed by atoms with Crippen LogP contribution in [-0.4, -0.2) is 30.9 Å². The van der Waals surface area contributed by atoms with E-state index in [9.17, 15) is 4.79 Å². The van der Waals surface area contributed by atoms with Gasteiger partial charge in [0.2, 0.25) is 5.91 Å². The monoisotopic (exact) mass is 370 g/mol. The molecule has 4 aromatic rings. The van der Waals surface area contributed by atoms with Crippen molar-refractivity contribution in [1.82, 2.24) is 25.0 Å². The summed E-state index contributed by atoms with van der Waals surface area (Å²) < 4.78 is 1.76. The molecule has 138 valence electrons. The van der Waals surface area contributed by atoms with E-state index in [0.717, 1.165) is 22.6 Å². The lowest BCUT2D eigenvalue weighted by Gasteiger charge is -2.03. The predicted molar refractivity (Wildman–Crippen MR) is 108 cm³/mol. The van der Waals surface area contributed by atoms with Crippen LogP contribution >= 0.6 is 0 Å². The van der Waals surface area contributed by atoms with Crippen molar-refractivity contribution in [3.8, 4) is 17.1 Å². The van der Waals surface area contributed by atoms with Crippen LogP contribution in [0.4, 0.5) is 5.69 Å². The molecule has 0 saturated heterocycles. The normalized spacial score (nSPS) is 11.0. The molecule has 2 heterocycles. The van der Waals surface area contributed by atoms with E-state index in [4.69, 9.17) is 0 Å². The van der Waals surface area contributed by atoms with E-state index < -0.39 is 0 Å². The van der Waals surface area contributed by atoms with Crippen LogP contribution < -0.4 is 5.32 Å². The molecular weight excluding hydrogens is 352 g/mol. The van der Waals surface area contributed by atoms with Gasteiger partial charge < -0.3 is 5.32 Å². The number of amides is 1. The van der Waals surface area contributed by atoms with Crippen LogP contribution in [-0.2, 0) is 4.79 Å². The number of anilines is 1. The van der Waals surface area contributed by atoms with Gasteiger partial charge in [0.15, 0.2) is 5.82 Å². The second kappa shape index (κ2) is 7.71. The minimum absolute atomic E-state index is 0.226. The number of hydrogen-bond acceptors (Lipinski definition) is 4. The highest BCUT2D eigenvalue weighted by molar-refractivity contribution is 6.02. The lowest BCUT2D eigenvalue weighted by Crippen LogP contribution is -2.07. The molecule has 0 atom stereocenters. The number of carbonyl (C=O) groups excluding carboxylic acids is 1. The molecule has 0 aliphatic heterocycles. The lowest BCUT2D eigenvalue weighted by molar-refractivity contribution is -0.111. The van der Waals surface area contributed by atoms with E-state index in [2.05, 4.69) is 25.6 Å². The summed E-state index contributed by atoms with van der Waals surface area (Å²) in [7, 11) is 0. The zero-order valence-electron chi connectivity index (χ0n) is 15.2. The largest absolute Gasteiger partial charge is 0.322 e. The summed E-state index contributed by atoms with van der Waals surface area (Å²) >= 11 is 0. The fourth-order valence-corrected chi connectivity index (χ4v) is 2.71. The number of benzene rings is 2. The highest BCUT2D eigenvalue weighted by Gasteiger charge is 2.06. The third-order valence-electron chi connectivity index (χ3n) is 4.04. The molecule has 0 aliphatic carbocycles. The number of para-hydroxylation sites is 1. The van der Waals surface area contributed by atoms with Crippen molar-refractivity contribution in [3.63, 3.8) is 0 Å². The van der Waals surface area contributed by atoms with Gasteiger partial charge in [-0.15, -0.1) is 0 Å². The van der Waals surface area contributed by atoms with Gasteiger partial charge in [0.1, 0.15) is 5.82 Å². The number of hydrogen-bond donors (Lipinski definition) is 2. The van der Waals surface area contributed by atoms with Crippen molar-refractivity contribution < 1.29 is 4.79 Å². The second-order valence-electron chi connectivity index (χ2n) is 6.20. The Balaban J connectivity index is 1.43. The standard InChI is InChI=1S/C21H18N6O/c1-15-23-21(26-25-15)17-6-5-7-18(12-17)24-20(28)11-10-16-13-22-27(14-16)19-8-3-2-4-9-19/h2-14H,1H3,(H,24,28)(H,23,25,26)/b11-10+. The Morgan fingerprint density at radius 3 is 2.79 bits per heavy atom. The summed E-state index contributed by atoms with van der Waals surface area (Å²) in [4.78, 5) is 16.6. The van der Waals surface area contributed by atoms with Gasteiger partial charge in [-0.05, 0) is 37.3 Å². The molecule has 0 radical (unpaired) electrons. The number of aromatic amines is 1. The van der Waals surface area contributed by atoms with Crippen molar-refractivity contribution >= 4 is 17.7 Å². The molecule has 2 aromatic carbocycles. The first-order chi connectivity index (χ1) is 13.7.